The van der Waals surface area contributed by atoms with Crippen LogP contribution in [-0.2, 0) is 26.2 Å². The second kappa shape index (κ2) is 13.0. The van der Waals surface area contributed by atoms with Crippen molar-refractivity contribution in [3.05, 3.63) is 53.6 Å². The van der Waals surface area contributed by atoms with Gasteiger partial charge in [0, 0.05) is 12.6 Å². The minimum absolute atomic E-state index is 0.0801. The Bertz CT molecular complexity index is 1230. The molecule has 0 radical (unpaired) electrons. The van der Waals surface area contributed by atoms with Crippen LogP contribution in [-0.4, -0.2) is 64.2 Å². The normalized spacial score (nSPS) is 14.9. The molecule has 0 saturated heterocycles. The molecule has 9 nitrogen and oxygen atoms in total. The van der Waals surface area contributed by atoms with Crippen LogP contribution in [0.4, 0.5) is 5.69 Å². The number of amides is 2. The average molecular weight is 546 g/mol. The molecule has 2 amide bonds. The lowest BCUT2D eigenvalue weighted by atomic mass is 9.95. The molecule has 0 heterocycles. The first-order chi connectivity index (χ1) is 18.0. The van der Waals surface area contributed by atoms with Gasteiger partial charge in [-0.05, 0) is 62.1 Å². The number of nitrogens with one attached hydrogen (secondary N) is 1. The molecule has 10 heteroatoms. The van der Waals surface area contributed by atoms with Gasteiger partial charge in [0.1, 0.15) is 24.1 Å². The number of hydrogen-bond donors (Lipinski definition) is 1. The largest absolute Gasteiger partial charge is 0.497 e. The number of carbonyl (C=O) groups excluding carboxylic acids is 2. The quantitative estimate of drug-likeness (QED) is 0.462. The van der Waals surface area contributed by atoms with Crippen molar-refractivity contribution in [3.8, 4) is 11.5 Å². The Hall–Kier alpha value is -3.27. The highest BCUT2D eigenvalue weighted by Crippen LogP contribution is 2.31. The Kier molecular flexibility index (Phi) is 10.0. The molecule has 0 aromatic heterocycles. The van der Waals surface area contributed by atoms with Crippen molar-refractivity contribution in [2.24, 2.45) is 0 Å². The molecule has 1 aliphatic carbocycles. The Labute approximate surface area is 226 Å². The standard InChI is InChI=1S/C28H39N3O6S/c1-20-14-15-26(37-4)25(16-20)31(38(5,34)35)19-27(32)30(18-22-10-9-13-24(17-22)36-3)21(2)28(33)29-23-11-7-6-8-12-23/h9-10,13-17,21,23H,6-8,11-12,18-19H2,1-5H3,(H,29,33)/t21-/m1/s1. The van der Waals surface area contributed by atoms with Crippen LogP contribution in [0.1, 0.15) is 50.2 Å². The first kappa shape index (κ1) is 29.3. The van der Waals surface area contributed by atoms with Gasteiger partial charge in [0.25, 0.3) is 0 Å². The van der Waals surface area contributed by atoms with Crippen LogP contribution in [0.5, 0.6) is 11.5 Å². The van der Waals surface area contributed by atoms with E-state index in [1.165, 1.54) is 12.0 Å². The number of carbonyl (C=O) groups is 2. The van der Waals surface area contributed by atoms with Crippen molar-refractivity contribution in [3.63, 3.8) is 0 Å². The van der Waals surface area contributed by atoms with Crippen LogP contribution in [0.15, 0.2) is 42.5 Å². The molecular weight excluding hydrogens is 506 g/mol. The molecule has 0 unspecified atom stereocenters. The summed E-state index contributed by atoms with van der Waals surface area (Å²) < 4.78 is 37.5. The molecule has 1 N–H and O–H groups in total. The lowest BCUT2D eigenvalue weighted by Crippen LogP contribution is -2.53. The molecule has 1 aliphatic rings. The summed E-state index contributed by atoms with van der Waals surface area (Å²) in [4.78, 5) is 28.5. The number of nitrogens with zero attached hydrogens (tertiary/aromatic N) is 2. The number of methoxy groups -OCH3 is 2. The van der Waals surface area contributed by atoms with Gasteiger partial charge in [-0.1, -0.05) is 37.5 Å². The Morgan fingerprint density at radius 3 is 2.39 bits per heavy atom. The number of anilines is 1. The smallest absolute Gasteiger partial charge is 0.244 e. The topological polar surface area (TPSA) is 105 Å². The first-order valence-corrected chi connectivity index (χ1v) is 14.7. The van der Waals surface area contributed by atoms with E-state index in [1.54, 1.807) is 44.4 Å². The summed E-state index contributed by atoms with van der Waals surface area (Å²) in [5.74, 6) is 0.188. The molecular formula is C28H39N3O6S. The molecule has 2 aromatic carbocycles. The number of aryl methyl sites for hydroxylation is 1. The van der Waals surface area contributed by atoms with Crippen LogP contribution < -0.4 is 19.1 Å². The van der Waals surface area contributed by atoms with Crippen LogP contribution in [0.3, 0.4) is 0 Å². The van der Waals surface area contributed by atoms with Gasteiger partial charge >= 0.3 is 0 Å². The molecule has 1 saturated carbocycles. The van der Waals surface area contributed by atoms with Crippen LogP contribution >= 0.6 is 0 Å². The lowest BCUT2D eigenvalue weighted by molar-refractivity contribution is -0.139. The summed E-state index contributed by atoms with van der Waals surface area (Å²) in [7, 11) is -0.858. The van der Waals surface area contributed by atoms with Gasteiger partial charge < -0.3 is 19.7 Å². The maximum atomic E-state index is 13.8. The van der Waals surface area contributed by atoms with E-state index in [0.29, 0.717) is 11.5 Å². The van der Waals surface area contributed by atoms with Crippen LogP contribution in [0.2, 0.25) is 0 Å². The zero-order valence-corrected chi connectivity index (χ0v) is 23.7. The van der Waals surface area contributed by atoms with Crippen molar-refractivity contribution in [1.29, 1.82) is 0 Å². The summed E-state index contributed by atoms with van der Waals surface area (Å²) in [6.45, 7) is 3.13. The SMILES string of the molecule is COc1cccc(CN(C(=O)CN(c2cc(C)ccc2OC)S(C)(=O)=O)[C@H](C)C(=O)NC2CCCCC2)c1. The third-order valence-corrected chi connectivity index (χ3v) is 8.01. The highest BCUT2D eigenvalue weighted by atomic mass is 32.2. The molecule has 0 bridgehead atoms. The maximum Gasteiger partial charge on any atom is 0.244 e. The summed E-state index contributed by atoms with van der Waals surface area (Å²) in [5, 5.41) is 3.09. The monoisotopic (exact) mass is 545 g/mol. The number of benzene rings is 2. The van der Waals surface area contributed by atoms with Crippen molar-refractivity contribution >= 4 is 27.5 Å². The number of rotatable bonds is 11. The minimum Gasteiger partial charge on any atom is -0.497 e. The summed E-state index contributed by atoms with van der Waals surface area (Å²) in [6, 6.07) is 11.6. The number of hydrogen-bond acceptors (Lipinski definition) is 6. The third kappa shape index (κ3) is 7.63. The third-order valence-electron chi connectivity index (χ3n) is 6.89. The van der Waals surface area contributed by atoms with Crippen molar-refractivity contribution in [1.82, 2.24) is 10.2 Å². The average Bonchev–Trinajstić information content (AvgIpc) is 2.89. The Morgan fingerprint density at radius 1 is 1.05 bits per heavy atom. The van der Waals surface area contributed by atoms with Crippen molar-refractivity contribution < 1.29 is 27.5 Å². The molecule has 0 spiro atoms. The van der Waals surface area contributed by atoms with E-state index < -0.39 is 28.5 Å². The molecule has 3 rings (SSSR count). The number of sulfonamides is 1. The molecule has 1 fully saturated rings. The fraction of sp³-hybridized carbons (Fsp3) is 0.500. The first-order valence-electron chi connectivity index (χ1n) is 12.9. The second-order valence-electron chi connectivity index (χ2n) is 9.84. The van der Waals surface area contributed by atoms with E-state index in [1.807, 2.05) is 19.1 Å². The predicted octanol–water partition coefficient (Wildman–Crippen LogP) is 3.64. The summed E-state index contributed by atoms with van der Waals surface area (Å²) in [5.41, 5.74) is 1.84. The fourth-order valence-electron chi connectivity index (χ4n) is 4.71. The molecule has 208 valence electrons. The summed E-state index contributed by atoms with van der Waals surface area (Å²) in [6.07, 6.45) is 6.16. The molecule has 0 aliphatic heterocycles. The highest BCUT2D eigenvalue weighted by molar-refractivity contribution is 7.92. The van der Waals surface area contributed by atoms with Crippen molar-refractivity contribution in [2.45, 2.75) is 64.6 Å². The van der Waals surface area contributed by atoms with E-state index in [-0.39, 0.29) is 24.2 Å². The zero-order valence-electron chi connectivity index (χ0n) is 22.9. The maximum absolute atomic E-state index is 13.8. The van der Waals surface area contributed by atoms with E-state index in [0.717, 1.165) is 53.8 Å². The van der Waals surface area contributed by atoms with Crippen LogP contribution in [0, 0.1) is 6.92 Å². The van der Waals surface area contributed by atoms with Gasteiger partial charge in [-0.15, -0.1) is 0 Å². The second-order valence-corrected chi connectivity index (χ2v) is 11.7. The van der Waals surface area contributed by atoms with E-state index >= 15 is 0 Å². The van der Waals surface area contributed by atoms with Crippen LogP contribution in [0.25, 0.3) is 0 Å². The number of ether oxygens (including phenoxy) is 2. The molecule has 2 aromatic rings. The minimum atomic E-state index is -3.86. The van der Waals surface area contributed by atoms with Gasteiger partial charge in [-0.2, -0.15) is 0 Å². The molecule has 1 atom stereocenters. The van der Waals surface area contributed by atoms with E-state index in [4.69, 9.17) is 9.47 Å². The highest BCUT2D eigenvalue weighted by Gasteiger charge is 2.32. The van der Waals surface area contributed by atoms with Gasteiger partial charge in [-0.3, -0.25) is 13.9 Å². The lowest BCUT2D eigenvalue weighted by Gasteiger charge is -2.33. The predicted molar refractivity (Wildman–Crippen MR) is 148 cm³/mol. The van der Waals surface area contributed by atoms with Gasteiger partial charge in [0.05, 0.1) is 26.2 Å². The zero-order chi connectivity index (χ0) is 27.9. The van der Waals surface area contributed by atoms with Gasteiger partial charge in [0.2, 0.25) is 21.8 Å². The Balaban J connectivity index is 1.93. The fourth-order valence-corrected chi connectivity index (χ4v) is 5.55. The van der Waals surface area contributed by atoms with Gasteiger partial charge in [0.15, 0.2) is 0 Å². The summed E-state index contributed by atoms with van der Waals surface area (Å²) >= 11 is 0. The van der Waals surface area contributed by atoms with E-state index in [9.17, 15) is 18.0 Å². The van der Waals surface area contributed by atoms with E-state index in [2.05, 4.69) is 5.32 Å². The van der Waals surface area contributed by atoms with Crippen molar-refractivity contribution in [2.75, 3.05) is 31.3 Å². The Morgan fingerprint density at radius 2 is 1.76 bits per heavy atom. The molecule has 38 heavy (non-hydrogen) atoms. The van der Waals surface area contributed by atoms with Gasteiger partial charge in [-0.25, -0.2) is 8.42 Å².